The number of rotatable bonds is 5. The lowest BCUT2D eigenvalue weighted by Crippen LogP contribution is -2.20. The summed E-state index contributed by atoms with van der Waals surface area (Å²) in [6.07, 6.45) is -1.10. The Balaban J connectivity index is 2.97. The van der Waals surface area contributed by atoms with Crippen molar-refractivity contribution in [2.24, 2.45) is 0 Å². The molecule has 0 aromatic heterocycles. The van der Waals surface area contributed by atoms with Crippen LogP contribution in [0.15, 0.2) is 18.2 Å². The Bertz CT molecular complexity index is 459. The second-order valence-corrected chi connectivity index (χ2v) is 5.24. The molecule has 0 fully saturated rings. The van der Waals surface area contributed by atoms with E-state index in [0.29, 0.717) is 5.56 Å². The Morgan fingerprint density at radius 2 is 2.00 bits per heavy atom. The van der Waals surface area contributed by atoms with Gasteiger partial charge in [0.15, 0.2) is 0 Å². The van der Waals surface area contributed by atoms with Crippen LogP contribution < -0.4 is 5.32 Å². The molecule has 0 spiro atoms. The number of hydrogen-bond acceptors (Lipinski definition) is 3. The first-order valence-corrected chi connectivity index (χ1v) is 6.78. The molecular weight excluding hydrogens is 254 g/mol. The van der Waals surface area contributed by atoms with E-state index in [-0.39, 0.29) is 18.2 Å². The predicted molar refractivity (Wildman–Crippen MR) is 68.0 cm³/mol. The molecule has 1 atom stereocenters. The van der Waals surface area contributed by atoms with Gasteiger partial charge in [-0.15, -0.1) is 0 Å². The number of benzene rings is 1. The van der Waals surface area contributed by atoms with Gasteiger partial charge < -0.3 is 15.0 Å². The molecule has 0 aliphatic heterocycles. The minimum absolute atomic E-state index is 0.0549. The number of hydrogen-bond donors (Lipinski definition) is 2. The van der Waals surface area contributed by atoms with Crippen LogP contribution >= 0.6 is 0 Å². The molecule has 2 N–H and O–H groups in total. The molecule has 1 aromatic carbocycles. The molecule has 0 heterocycles. The fourth-order valence-electron chi connectivity index (χ4n) is 1.62. The Kier molecular flexibility index (Phi) is 5.30. The van der Waals surface area contributed by atoms with Crippen LogP contribution in [0.4, 0.5) is 4.79 Å². The highest BCUT2D eigenvalue weighted by Gasteiger charge is 2.06. The van der Waals surface area contributed by atoms with Gasteiger partial charge in [0, 0.05) is 12.3 Å². The first kappa shape index (κ1) is 14.7. The maximum absolute atomic E-state index is 10.7. The lowest BCUT2D eigenvalue weighted by molar-refractivity contribution is 0.194. The fraction of sp³-hybridized carbons (Fsp3) is 0.417. The van der Waals surface area contributed by atoms with Crippen LogP contribution in [0.3, 0.4) is 0 Å². The summed E-state index contributed by atoms with van der Waals surface area (Å²) >= 11 is -2.15. The zero-order valence-electron chi connectivity index (χ0n) is 10.3. The first-order chi connectivity index (χ1) is 8.38. The summed E-state index contributed by atoms with van der Waals surface area (Å²) in [5.74, 6) is 0.203. The fourth-order valence-corrected chi connectivity index (χ4v) is 2.06. The highest BCUT2D eigenvalue weighted by Crippen LogP contribution is 2.19. The van der Waals surface area contributed by atoms with Crippen LogP contribution in [0.25, 0.3) is 0 Å². The van der Waals surface area contributed by atoms with Crippen LogP contribution in [0.2, 0.25) is 0 Å². The van der Waals surface area contributed by atoms with E-state index >= 15 is 0 Å². The second kappa shape index (κ2) is 6.51. The van der Waals surface area contributed by atoms with Gasteiger partial charge in [-0.05, 0) is 22.6 Å². The summed E-state index contributed by atoms with van der Waals surface area (Å²) in [7, 11) is 0. The SMILES string of the molecule is CC(C)c1cc(CNC(=O)O)cc(CS(=O)[O-])c1. The van der Waals surface area contributed by atoms with Crippen LogP contribution in [0.1, 0.15) is 36.5 Å². The zero-order valence-corrected chi connectivity index (χ0v) is 11.1. The van der Waals surface area contributed by atoms with Crippen molar-refractivity contribution in [1.82, 2.24) is 5.32 Å². The molecule has 0 aliphatic carbocycles. The van der Waals surface area contributed by atoms with E-state index in [1.807, 2.05) is 26.0 Å². The molecule has 0 radical (unpaired) electrons. The van der Waals surface area contributed by atoms with Gasteiger partial charge in [0.05, 0.1) is 0 Å². The van der Waals surface area contributed by atoms with Gasteiger partial charge in [-0.25, -0.2) is 4.79 Å². The lowest BCUT2D eigenvalue weighted by Gasteiger charge is -2.13. The van der Waals surface area contributed by atoms with E-state index in [0.717, 1.165) is 11.1 Å². The van der Waals surface area contributed by atoms with Crippen LogP contribution in [0, 0.1) is 0 Å². The Labute approximate surface area is 109 Å². The smallest absolute Gasteiger partial charge is 0.404 e. The number of nitrogens with one attached hydrogen (secondary N) is 1. The van der Waals surface area contributed by atoms with E-state index in [1.165, 1.54) is 0 Å². The highest BCUT2D eigenvalue weighted by molar-refractivity contribution is 7.78. The van der Waals surface area contributed by atoms with E-state index in [4.69, 9.17) is 5.11 Å². The van der Waals surface area contributed by atoms with Crippen molar-refractivity contribution in [3.05, 3.63) is 34.9 Å². The highest BCUT2D eigenvalue weighted by atomic mass is 32.2. The zero-order chi connectivity index (χ0) is 13.7. The summed E-state index contributed by atoms with van der Waals surface area (Å²) in [5, 5.41) is 10.8. The third kappa shape index (κ3) is 4.85. The van der Waals surface area contributed by atoms with Gasteiger partial charge in [0.2, 0.25) is 0 Å². The molecule has 1 amide bonds. The van der Waals surface area contributed by atoms with E-state index in [1.54, 1.807) is 6.07 Å². The maximum Gasteiger partial charge on any atom is 0.404 e. The van der Waals surface area contributed by atoms with E-state index in [2.05, 4.69) is 5.32 Å². The standard InChI is InChI=1S/C12H17NO4S/c1-8(2)11-4-9(6-13-12(14)15)3-10(5-11)7-18(16)17/h3-5,8,13H,6-7H2,1-2H3,(H,14,15)(H,16,17)/p-1. The van der Waals surface area contributed by atoms with Gasteiger partial charge in [0.1, 0.15) is 0 Å². The minimum Gasteiger partial charge on any atom is -0.772 e. The minimum atomic E-state index is -2.15. The van der Waals surface area contributed by atoms with Crippen molar-refractivity contribution in [3.63, 3.8) is 0 Å². The summed E-state index contributed by atoms with van der Waals surface area (Å²) < 4.78 is 21.4. The molecule has 1 aromatic rings. The van der Waals surface area contributed by atoms with E-state index < -0.39 is 17.2 Å². The molecule has 1 unspecified atom stereocenters. The van der Waals surface area contributed by atoms with Crippen molar-refractivity contribution < 1.29 is 18.7 Å². The van der Waals surface area contributed by atoms with Crippen molar-refractivity contribution >= 4 is 17.2 Å². The van der Waals surface area contributed by atoms with Gasteiger partial charge in [-0.3, -0.25) is 4.21 Å². The van der Waals surface area contributed by atoms with Crippen LogP contribution in [-0.2, 0) is 23.4 Å². The summed E-state index contributed by atoms with van der Waals surface area (Å²) in [6, 6.07) is 5.43. The topological polar surface area (TPSA) is 89.5 Å². The van der Waals surface area contributed by atoms with Gasteiger partial charge in [-0.2, -0.15) is 0 Å². The van der Waals surface area contributed by atoms with Crippen molar-refractivity contribution in [3.8, 4) is 0 Å². The third-order valence-corrected chi connectivity index (χ3v) is 3.04. The third-order valence-electron chi connectivity index (χ3n) is 2.47. The van der Waals surface area contributed by atoms with Gasteiger partial charge in [0.25, 0.3) is 0 Å². The molecule has 0 saturated carbocycles. The molecular formula is C12H16NO4S-. The molecule has 100 valence electrons. The lowest BCUT2D eigenvalue weighted by atomic mass is 9.98. The van der Waals surface area contributed by atoms with Crippen LogP contribution in [0.5, 0.6) is 0 Å². The quantitative estimate of drug-likeness (QED) is 0.800. The Morgan fingerprint density at radius 3 is 2.50 bits per heavy atom. The molecule has 5 nitrogen and oxygen atoms in total. The molecule has 0 bridgehead atoms. The van der Waals surface area contributed by atoms with Crippen LogP contribution in [-0.4, -0.2) is 20.0 Å². The molecule has 6 heteroatoms. The molecule has 18 heavy (non-hydrogen) atoms. The normalized spacial score (nSPS) is 12.4. The number of carbonyl (C=O) groups is 1. The van der Waals surface area contributed by atoms with Gasteiger partial charge >= 0.3 is 6.09 Å². The van der Waals surface area contributed by atoms with E-state index in [9.17, 15) is 13.6 Å². The Morgan fingerprint density at radius 1 is 1.39 bits per heavy atom. The average Bonchev–Trinajstić information content (AvgIpc) is 2.25. The summed E-state index contributed by atoms with van der Waals surface area (Å²) in [5.41, 5.74) is 2.45. The average molecular weight is 270 g/mol. The maximum atomic E-state index is 10.7. The summed E-state index contributed by atoms with van der Waals surface area (Å²) in [6.45, 7) is 4.18. The van der Waals surface area contributed by atoms with Crippen molar-refractivity contribution in [2.75, 3.05) is 0 Å². The Hall–Kier alpha value is -1.40. The summed E-state index contributed by atoms with van der Waals surface area (Å²) in [4.78, 5) is 10.4. The predicted octanol–water partition coefficient (Wildman–Crippen LogP) is 1.96. The van der Waals surface area contributed by atoms with Gasteiger partial charge in [-0.1, -0.05) is 43.1 Å². The number of carboxylic acid groups (broad SMARTS) is 1. The first-order valence-electron chi connectivity index (χ1n) is 5.54. The monoisotopic (exact) mass is 270 g/mol. The largest absolute Gasteiger partial charge is 0.772 e. The number of amides is 1. The van der Waals surface area contributed by atoms with Crippen molar-refractivity contribution in [2.45, 2.75) is 32.1 Å². The molecule has 0 saturated heterocycles. The molecule has 0 aliphatic rings. The van der Waals surface area contributed by atoms with Crippen molar-refractivity contribution in [1.29, 1.82) is 0 Å². The second-order valence-electron chi connectivity index (χ2n) is 4.34. The molecule has 1 rings (SSSR count).